The standard InChI is InChI=1S/C29H20Cl2F3N3/c30-20-12-13-23(29(32,33)34)22(16-20)27(35)19-9-4-8-18(15-19)26-21-10-5-11-24(31)28(21)37-36-25(26)14-17-6-2-1-3-7-17/h1-13,15-16,27H,14,35H2. The van der Waals surface area contributed by atoms with E-state index in [1.54, 1.807) is 24.3 Å². The SMILES string of the molecule is NC(c1cccc(-c2c(Cc3ccccc3)nnc3c(Cl)cccc23)c1)c1cc(Cl)ccc1C(F)(F)F. The molecule has 8 heteroatoms. The van der Waals surface area contributed by atoms with Gasteiger partial charge in [0, 0.05) is 22.4 Å². The molecular weight excluding hydrogens is 518 g/mol. The van der Waals surface area contributed by atoms with Crippen LogP contribution in [0.25, 0.3) is 22.0 Å². The molecule has 0 radical (unpaired) electrons. The van der Waals surface area contributed by atoms with Gasteiger partial charge >= 0.3 is 6.18 Å². The molecule has 0 saturated carbocycles. The van der Waals surface area contributed by atoms with Gasteiger partial charge in [0.05, 0.1) is 22.3 Å². The lowest BCUT2D eigenvalue weighted by Crippen LogP contribution is -2.18. The molecule has 0 aliphatic heterocycles. The lowest BCUT2D eigenvalue weighted by atomic mass is 9.90. The minimum absolute atomic E-state index is 0.0950. The zero-order chi connectivity index (χ0) is 26.2. The first-order valence-electron chi connectivity index (χ1n) is 11.4. The molecule has 1 atom stereocenters. The van der Waals surface area contributed by atoms with Crippen LogP contribution in [0, 0.1) is 0 Å². The van der Waals surface area contributed by atoms with Crippen molar-refractivity contribution in [1.29, 1.82) is 0 Å². The molecule has 1 aromatic heterocycles. The van der Waals surface area contributed by atoms with Crippen molar-refractivity contribution in [2.24, 2.45) is 5.73 Å². The quantitative estimate of drug-likeness (QED) is 0.245. The number of fused-ring (bicyclic) bond motifs is 1. The van der Waals surface area contributed by atoms with Gasteiger partial charge in [-0.3, -0.25) is 0 Å². The van der Waals surface area contributed by atoms with Crippen LogP contribution in [0.1, 0.15) is 34.0 Å². The van der Waals surface area contributed by atoms with Crippen LogP contribution in [0.2, 0.25) is 10.0 Å². The summed E-state index contributed by atoms with van der Waals surface area (Å²) in [6, 6.07) is 24.8. The predicted octanol–water partition coefficient (Wildman–Crippen LogP) is 8.26. The van der Waals surface area contributed by atoms with Crippen LogP contribution in [0.5, 0.6) is 0 Å². The average Bonchev–Trinajstić information content (AvgIpc) is 2.88. The molecule has 0 amide bonds. The van der Waals surface area contributed by atoms with Crippen LogP contribution in [0.15, 0.2) is 91.0 Å². The minimum atomic E-state index is -4.57. The highest BCUT2D eigenvalue weighted by Crippen LogP contribution is 2.39. The Labute approximate surface area is 221 Å². The van der Waals surface area contributed by atoms with Gasteiger partial charge in [-0.1, -0.05) is 83.9 Å². The van der Waals surface area contributed by atoms with E-state index >= 15 is 0 Å². The van der Waals surface area contributed by atoms with E-state index in [2.05, 4.69) is 10.2 Å². The van der Waals surface area contributed by atoms with E-state index in [0.717, 1.165) is 28.1 Å². The maximum atomic E-state index is 13.7. The van der Waals surface area contributed by atoms with Crippen LogP contribution in [-0.2, 0) is 12.6 Å². The fraction of sp³-hybridized carbons (Fsp3) is 0.103. The molecule has 186 valence electrons. The topological polar surface area (TPSA) is 51.8 Å². The molecule has 0 spiro atoms. The number of benzene rings is 4. The molecule has 0 saturated heterocycles. The van der Waals surface area contributed by atoms with Crippen LogP contribution in [0.4, 0.5) is 13.2 Å². The molecule has 3 nitrogen and oxygen atoms in total. The molecular formula is C29H20Cl2F3N3. The lowest BCUT2D eigenvalue weighted by molar-refractivity contribution is -0.138. The minimum Gasteiger partial charge on any atom is -0.320 e. The highest BCUT2D eigenvalue weighted by atomic mass is 35.5. The van der Waals surface area contributed by atoms with Crippen LogP contribution < -0.4 is 5.73 Å². The number of hydrogen-bond acceptors (Lipinski definition) is 3. The Morgan fingerprint density at radius 2 is 1.57 bits per heavy atom. The van der Waals surface area contributed by atoms with Gasteiger partial charge in [-0.05, 0) is 52.6 Å². The van der Waals surface area contributed by atoms with Crippen molar-refractivity contribution in [2.45, 2.75) is 18.6 Å². The summed E-state index contributed by atoms with van der Waals surface area (Å²) in [4.78, 5) is 0. The molecule has 2 N–H and O–H groups in total. The van der Waals surface area contributed by atoms with Gasteiger partial charge in [0.15, 0.2) is 0 Å². The smallest absolute Gasteiger partial charge is 0.320 e. The van der Waals surface area contributed by atoms with Crippen molar-refractivity contribution in [2.75, 3.05) is 0 Å². The van der Waals surface area contributed by atoms with E-state index in [1.165, 1.54) is 12.1 Å². The average molecular weight is 538 g/mol. The van der Waals surface area contributed by atoms with E-state index in [0.29, 0.717) is 28.2 Å². The van der Waals surface area contributed by atoms with Crippen molar-refractivity contribution in [3.8, 4) is 11.1 Å². The number of rotatable bonds is 5. The van der Waals surface area contributed by atoms with Crippen molar-refractivity contribution in [3.05, 3.63) is 129 Å². The first kappa shape index (κ1) is 25.2. The van der Waals surface area contributed by atoms with E-state index in [-0.39, 0.29) is 10.6 Å². The third-order valence-electron chi connectivity index (χ3n) is 6.22. The molecule has 5 rings (SSSR count). The van der Waals surface area contributed by atoms with Gasteiger partial charge in [0.25, 0.3) is 0 Å². The molecule has 37 heavy (non-hydrogen) atoms. The molecule has 0 bridgehead atoms. The van der Waals surface area contributed by atoms with Gasteiger partial charge < -0.3 is 5.73 Å². The monoisotopic (exact) mass is 537 g/mol. The molecule has 0 aliphatic carbocycles. The maximum Gasteiger partial charge on any atom is 0.416 e. The second kappa shape index (κ2) is 10.1. The number of alkyl halides is 3. The largest absolute Gasteiger partial charge is 0.416 e. The Morgan fingerprint density at radius 1 is 0.811 bits per heavy atom. The molecule has 4 aromatic carbocycles. The summed E-state index contributed by atoms with van der Waals surface area (Å²) in [5.74, 6) is 0. The summed E-state index contributed by atoms with van der Waals surface area (Å²) in [6.45, 7) is 0. The van der Waals surface area contributed by atoms with Crippen molar-refractivity contribution in [3.63, 3.8) is 0 Å². The number of nitrogens with zero attached hydrogens (tertiary/aromatic N) is 2. The summed E-state index contributed by atoms with van der Waals surface area (Å²) in [6.07, 6.45) is -4.06. The molecule has 0 fully saturated rings. The number of halogens is 5. The van der Waals surface area contributed by atoms with E-state index in [1.807, 2.05) is 48.5 Å². The highest BCUT2D eigenvalue weighted by Gasteiger charge is 2.35. The first-order chi connectivity index (χ1) is 17.7. The van der Waals surface area contributed by atoms with E-state index in [9.17, 15) is 13.2 Å². The Hall–Kier alpha value is -3.45. The number of hydrogen-bond donors (Lipinski definition) is 1. The third-order valence-corrected chi connectivity index (χ3v) is 6.76. The predicted molar refractivity (Wildman–Crippen MR) is 142 cm³/mol. The van der Waals surface area contributed by atoms with Gasteiger partial charge in [-0.25, -0.2) is 0 Å². The summed E-state index contributed by atoms with van der Waals surface area (Å²) in [5, 5.41) is 10.3. The van der Waals surface area contributed by atoms with Crippen molar-refractivity contribution in [1.82, 2.24) is 10.2 Å². The lowest BCUT2D eigenvalue weighted by Gasteiger charge is -2.20. The number of aromatic nitrogens is 2. The zero-order valence-electron chi connectivity index (χ0n) is 19.3. The fourth-order valence-corrected chi connectivity index (χ4v) is 4.88. The molecule has 0 aliphatic rings. The Morgan fingerprint density at radius 3 is 2.32 bits per heavy atom. The molecule has 1 heterocycles. The third kappa shape index (κ3) is 5.18. The van der Waals surface area contributed by atoms with Gasteiger partial charge in [-0.15, -0.1) is 5.10 Å². The van der Waals surface area contributed by atoms with E-state index < -0.39 is 17.8 Å². The summed E-state index contributed by atoms with van der Waals surface area (Å²) in [7, 11) is 0. The van der Waals surface area contributed by atoms with E-state index in [4.69, 9.17) is 28.9 Å². The Kier molecular flexibility index (Phi) is 6.90. The summed E-state index contributed by atoms with van der Waals surface area (Å²) >= 11 is 12.5. The van der Waals surface area contributed by atoms with Crippen LogP contribution in [0.3, 0.4) is 0 Å². The second-order valence-corrected chi connectivity index (χ2v) is 9.50. The zero-order valence-corrected chi connectivity index (χ0v) is 20.8. The van der Waals surface area contributed by atoms with Gasteiger partial charge in [0.2, 0.25) is 0 Å². The fourth-order valence-electron chi connectivity index (χ4n) is 4.49. The first-order valence-corrected chi connectivity index (χ1v) is 12.2. The Balaban J connectivity index is 1.67. The summed E-state index contributed by atoms with van der Waals surface area (Å²) < 4.78 is 41.2. The second-order valence-electron chi connectivity index (χ2n) is 8.65. The van der Waals surface area contributed by atoms with Crippen LogP contribution >= 0.6 is 23.2 Å². The number of nitrogens with two attached hydrogens (primary N) is 1. The molecule has 1 unspecified atom stereocenters. The van der Waals surface area contributed by atoms with Crippen LogP contribution in [-0.4, -0.2) is 10.2 Å². The highest BCUT2D eigenvalue weighted by molar-refractivity contribution is 6.35. The molecule has 5 aromatic rings. The van der Waals surface area contributed by atoms with Gasteiger partial charge in [-0.2, -0.15) is 18.3 Å². The van der Waals surface area contributed by atoms with Crippen molar-refractivity contribution < 1.29 is 13.2 Å². The Bertz CT molecular complexity index is 1590. The summed E-state index contributed by atoms with van der Waals surface area (Å²) in [5.41, 5.74) is 9.85. The van der Waals surface area contributed by atoms with Crippen molar-refractivity contribution >= 4 is 34.1 Å². The van der Waals surface area contributed by atoms with Gasteiger partial charge in [0.1, 0.15) is 5.52 Å². The normalized spacial score (nSPS) is 12.6. The maximum absolute atomic E-state index is 13.7.